The van der Waals surface area contributed by atoms with Gasteiger partial charge in [-0.3, -0.25) is 4.28 Å². The molecule has 0 bridgehead atoms. The zero-order valence-corrected chi connectivity index (χ0v) is 14.5. The Morgan fingerprint density at radius 1 is 1.33 bits per heavy atom. The second-order valence-electron chi connectivity index (χ2n) is 5.61. The van der Waals surface area contributed by atoms with Crippen LogP contribution in [0.3, 0.4) is 0 Å². The van der Waals surface area contributed by atoms with Crippen molar-refractivity contribution < 1.29 is 17.4 Å². The Balaban J connectivity index is 2.23. The van der Waals surface area contributed by atoms with E-state index in [1.54, 1.807) is 43.3 Å². The molecule has 0 saturated heterocycles. The average Bonchev–Trinajstić information content (AvgIpc) is 2.58. The van der Waals surface area contributed by atoms with Crippen LogP contribution < -0.4 is 4.74 Å². The van der Waals surface area contributed by atoms with Crippen LogP contribution in [0.2, 0.25) is 0 Å². The third-order valence-electron chi connectivity index (χ3n) is 3.80. The molecule has 1 aromatic carbocycles. The van der Waals surface area contributed by atoms with E-state index < -0.39 is 14.9 Å². The van der Waals surface area contributed by atoms with E-state index in [0.29, 0.717) is 11.3 Å². The molecule has 0 aromatic heterocycles. The fraction of sp³-hybridized carbons (Fsp3) is 0.294. The van der Waals surface area contributed by atoms with Gasteiger partial charge in [-0.05, 0) is 44.5 Å². The van der Waals surface area contributed by atoms with Crippen LogP contribution in [0.25, 0.3) is 0 Å². The summed E-state index contributed by atoms with van der Waals surface area (Å²) in [5.74, 6) is 0.617. The van der Waals surface area contributed by atoms with Crippen molar-refractivity contribution in [3.8, 4) is 11.8 Å². The molecular formula is C17H18N2O4S. The molecule has 1 aliphatic carbocycles. The van der Waals surface area contributed by atoms with E-state index in [1.807, 2.05) is 19.1 Å². The molecule has 0 aliphatic heterocycles. The molecule has 0 unspecified atom stereocenters. The summed E-state index contributed by atoms with van der Waals surface area (Å²) in [6.45, 7) is 3.44. The van der Waals surface area contributed by atoms with E-state index in [9.17, 15) is 13.7 Å². The Hall–Kier alpha value is -2.59. The summed E-state index contributed by atoms with van der Waals surface area (Å²) in [4.78, 5) is 0. The van der Waals surface area contributed by atoms with Crippen molar-refractivity contribution >= 4 is 15.8 Å². The predicted molar refractivity (Wildman–Crippen MR) is 91.1 cm³/mol. The number of benzene rings is 1. The third-order valence-corrected chi connectivity index (χ3v) is 5.51. The van der Waals surface area contributed by atoms with Gasteiger partial charge in [-0.15, -0.1) is 0 Å². The normalized spacial score (nSPS) is 20.9. The standard InChI is InChI=1S/C17H18N2O4S/c1-13-8-10-17(2,11-9-13)24(20,21)23-19-16(12-18)14-4-6-15(22-3)7-5-14/h4-10H,11H2,1-3H3/b19-16+/t17-/m1/s1. The fourth-order valence-electron chi connectivity index (χ4n) is 2.05. The average molecular weight is 346 g/mol. The molecule has 0 radical (unpaired) electrons. The van der Waals surface area contributed by atoms with Crippen LogP contribution in [-0.2, 0) is 14.4 Å². The minimum absolute atomic E-state index is 0.128. The molecule has 0 N–H and O–H groups in total. The zero-order chi connectivity index (χ0) is 17.8. The Kier molecular flexibility index (Phi) is 5.10. The van der Waals surface area contributed by atoms with Crippen molar-refractivity contribution in [3.63, 3.8) is 0 Å². The number of methoxy groups -OCH3 is 1. The number of rotatable bonds is 5. The van der Waals surface area contributed by atoms with Crippen molar-refractivity contribution in [2.24, 2.45) is 5.16 Å². The van der Waals surface area contributed by atoms with E-state index in [-0.39, 0.29) is 12.1 Å². The lowest BCUT2D eigenvalue weighted by molar-refractivity contribution is 0.325. The number of allylic oxidation sites excluding steroid dienone is 3. The van der Waals surface area contributed by atoms with Crippen molar-refractivity contribution in [1.29, 1.82) is 5.26 Å². The van der Waals surface area contributed by atoms with Crippen molar-refractivity contribution in [1.82, 2.24) is 0 Å². The molecule has 24 heavy (non-hydrogen) atoms. The lowest BCUT2D eigenvalue weighted by Gasteiger charge is -2.24. The van der Waals surface area contributed by atoms with E-state index in [2.05, 4.69) is 5.16 Å². The summed E-state index contributed by atoms with van der Waals surface area (Å²) < 4.78 is 33.5. The van der Waals surface area contributed by atoms with Crippen LogP contribution in [0, 0.1) is 11.3 Å². The highest BCUT2D eigenvalue weighted by Crippen LogP contribution is 2.30. The van der Waals surface area contributed by atoms with Crippen molar-refractivity contribution in [2.45, 2.75) is 25.0 Å². The maximum Gasteiger partial charge on any atom is 0.338 e. The van der Waals surface area contributed by atoms with Gasteiger partial charge in [-0.25, -0.2) is 0 Å². The van der Waals surface area contributed by atoms with Crippen LogP contribution in [0.1, 0.15) is 25.8 Å². The quantitative estimate of drug-likeness (QED) is 0.604. The molecule has 126 valence electrons. The summed E-state index contributed by atoms with van der Waals surface area (Å²) in [7, 11) is -2.50. The van der Waals surface area contributed by atoms with Crippen molar-refractivity contribution in [3.05, 3.63) is 53.6 Å². The minimum atomic E-state index is -4.03. The first kappa shape index (κ1) is 17.8. The molecule has 0 fully saturated rings. The molecule has 2 rings (SSSR count). The SMILES string of the molecule is COc1ccc(/C(C#N)=N/OS(=O)(=O)[C@]2(C)C=CC(C)=CC2)cc1. The first-order chi connectivity index (χ1) is 11.3. The monoisotopic (exact) mass is 346 g/mol. The largest absolute Gasteiger partial charge is 0.497 e. The summed E-state index contributed by atoms with van der Waals surface area (Å²) in [5, 5.41) is 12.8. The molecule has 1 aliphatic rings. The topological polar surface area (TPSA) is 88.8 Å². The molecule has 1 aromatic rings. The Morgan fingerprint density at radius 2 is 2.00 bits per heavy atom. The highest BCUT2D eigenvalue weighted by Gasteiger charge is 2.39. The minimum Gasteiger partial charge on any atom is -0.497 e. The van der Waals surface area contributed by atoms with Crippen LogP contribution in [-0.4, -0.2) is 26.0 Å². The molecule has 1 atom stereocenters. The van der Waals surface area contributed by atoms with Gasteiger partial charge in [0.1, 0.15) is 16.6 Å². The fourth-order valence-corrected chi connectivity index (χ4v) is 2.92. The molecular weight excluding hydrogens is 328 g/mol. The summed E-state index contributed by atoms with van der Waals surface area (Å²) in [5.41, 5.74) is 1.30. The number of oxime groups is 1. The zero-order valence-electron chi connectivity index (χ0n) is 13.7. The lowest BCUT2D eigenvalue weighted by Crippen LogP contribution is -2.34. The highest BCUT2D eigenvalue weighted by molar-refractivity contribution is 7.88. The highest BCUT2D eigenvalue weighted by atomic mass is 32.2. The summed E-state index contributed by atoms with van der Waals surface area (Å²) in [6, 6.07) is 8.34. The summed E-state index contributed by atoms with van der Waals surface area (Å²) in [6.07, 6.45) is 5.41. The number of hydrogen-bond acceptors (Lipinski definition) is 6. The molecule has 7 heteroatoms. The van der Waals surface area contributed by atoms with Gasteiger partial charge >= 0.3 is 10.1 Å². The maximum absolute atomic E-state index is 12.4. The molecule has 0 saturated carbocycles. The van der Waals surface area contributed by atoms with E-state index >= 15 is 0 Å². The van der Waals surface area contributed by atoms with Gasteiger partial charge in [0.15, 0.2) is 5.71 Å². The van der Waals surface area contributed by atoms with Gasteiger partial charge < -0.3 is 4.74 Å². The van der Waals surface area contributed by atoms with Gasteiger partial charge in [0, 0.05) is 5.56 Å². The second-order valence-corrected chi connectivity index (χ2v) is 7.60. The Labute approximate surface area is 141 Å². The molecule has 6 nitrogen and oxygen atoms in total. The van der Waals surface area contributed by atoms with Gasteiger partial charge in [0.25, 0.3) is 0 Å². The Morgan fingerprint density at radius 3 is 2.50 bits per heavy atom. The second kappa shape index (κ2) is 6.89. The molecule has 0 heterocycles. The molecule has 0 spiro atoms. The van der Waals surface area contributed by atoms with Gasteiger partial charge in [-0.2, -0.15) is 13.7 Å². The first-order valence-corrected chi connectivity index (χ1v) is 8.64. The third kappa shape index (κ3) is 3.66. The van der Waals surface area contributed by atoms with Crippen LogP contribution in [0.4, 0.5) is 0 Å². The lowest BCUT2D eigenvalue weighted by atomic mass is 9.98. The van der Waals surface area contributed by atoms with E-state index in [4.69, 9.17) is 9.02 Å². The van der Waals surface area contributed by atoms with Crippen molar-refractivity contribution in [2.75, 3.05) is 7.11 Å². The smallest absolute Gasteiger partial charge is 0.338 e. The maximum atomic E-state index is 12.4. The summed E-state index contributed by atoms with van der Waals surface area (Å²) >= 11 is 0. The molecule has 0 amide bonds. The number of hydrogen-bond donors (Lipinski definition) is 0. The number of nitrogens with zero attached hydrogens (tertiary/aromatic N) is 2. The van der Waals surface area contributed by atoms with Gasteiger partial charge in [-0.1, -0.05) is 29.0 Å². The predicted octanol–water partition coefficient (Wildman–Crippen LogP) is 2.93. The number of ether oxygens (including phenoxy) is 1. The van der Waals surface area contributed by atoms with Gasteiger partial charge in [0.2, 0.25) is 0 Å². The first-order valence-electron chi connectivity index (χ1n) is 7.23. The van der Waals surface area contributed by atoms with Crippen LogP contribution >= 0.6 is 0 Å². The Bertz CT molecular complexity index is 846. The van der Waals surface area contributed by atoms with E-state index in [0.717, 1.165) is 5.57 Å². The van der Waals surface area contributed by atoms with E-state index in [1.165, 1.54) is 7.11 Å². The van der Waals surface area contributed by atoms with Crippen LogP contribution in [0.15, 0.2) is 53.2 Å². The number of nitriles is 1. The van der Waals surface area contributed by atoms with Gasteiger partial charge in [0.05, 0.1) is 7.11 Å². The van der Waals surface area contributed by atoms with Crippen LogP contribution in [0.5, 0.6) is 5.75 Å².